The normalized spacial score (nSPS) is 13.5. The molecule has 0 unspecified atom stereocenters. The molecule has 0 fully saturated rings. The SMILES string of the molecule is C.CC.CC.C[N+]1=C(/C=C/c2cc([N+](=O)[O-])ccc2O)C(C)(C)c2ccccc21. The second-order valence-corrected chi connectivity index (χ2v) is 6.42. The fraction of sp³-hybridized carbons (Fsp3) is 0.375. The fourth-order valence-corrected chi connectivity index (χ4v) is 3.26. The highest BCUT2D eigenvalue weighted by molar-refractivity contribution is 6.05. The first kappa shape index (κ1) is 26.1. The van der Waals surface area contributed by atoms with E-state index in [1.165, 1.54) is 23.8 Å². The van der Waals surface area contributed by atoms with E-state index in [1.54, 1.807) is 6.08 Å². The maximum atomic E-state index is 10.9. The molecule has 0 amide bonds. The molecular weight excluding hydrogens is 364 g/mol. The maximum Gasteiger partial charge on any atom is 0.270 e. The highest BCUT2D eigenvalue weighted by Crippen LogP contribution is 2.39. The molecule has 0 spiro atoms. The average molecular weight is 400 g/mol. The summed E-state index contributed by atoms with van der Waals surface area (Å²) in [7, 11) is 2.00. The van der Waals surface area contributed by atoms with Crippen LogP contribution in [0.1, 0.15) is 60.1 Å². The van der Waals surface area contributed by atoms with Gasteiger partial charge in [0.25, 0.3) is 5.69 Å². The van der Waals surface area contributed by atoms with Gasteiger partial charge in [-0.25, -0.2) is 0 Å². The Hall–Kier alpha value is -2.95. The van der Waals surface area contributed by atoms with Crippen LogP contribution >= 0.6 is 0 Å². The minimum absolute atomic E-state index is 0. The molecule has 0 radical (unpaired) electrons. The molecule has 0 bridgehead atoms. The molecule has 1 heterocycles. The standard InChI is InChI=1S/C19H18N2O3.2C2H6.CH4/c1-19(2)15-6-4-5-7-16(15)20(3)18(19)11-8-13-12-14(21(23)24)9-10-17(13)22;2*1-2;/h4-12H,1-3H3;2*1-2H3;1H4/p+1. The van der Waals surface area contributed by atoms with Gasteiger partial charge in [0.1, 0.15) is 12.8 Å². The number of hydrogen-bond acceptors (Lipinski definition) is 3. The van der Waals surface area contributed by atoms with Gasteiger partial charge < -0.3 is 5.11 Å². The summed E-state index contributed by atoms with van der Waals surface area (Å²) in [5.74, 6) is 0.0217. The van der Waals surface area contributed by atoms with Gasteiger partial charge in [0.15, 0.2) is 5.71 Å². The number of nitrogens with zero attached hydrogens (tertiary/aromatic N) is 2. The lowest BCUT2D eigenvalue weighted by molar-refractivity contribution is -0.401. The Kier molecular flexibility index (Phi) is 10.0. The number of benzene rings is 2. The van der Waals surface area contributed by atoms with Crippen molar-refractivity contribution in [2.45, 2.75) is 54.4 Å². The van der Waals surface area contributed by atoms with Crippen LogP contribution in [0.4, 0.5) is 11.4 Å². The molecule has 3 rings (SSSR count). The minimum atomic E-state index is -0.467. The number of allylic oxidation sites excluding steroid dienone is 1. The lowest BCUT2D eigenvalue weighted by Gasteiger charge is -2.15. The number of rotatable bonds is 3. The molecule has 158 valence electrons. The Morgan fingerprint density at radius 3 is 2.17 bits per heavy atom. The molecule has 0 aromatic heterocycles. The summed E-state index contributed by atoms with van der Waals surface area (Å²) in [6.45, 7) is 12.3. The quantitative estimate of drug-likeness (QED) is 0.354. The van der Waals surface area contributed by atoms with E-state index >= 15 is 0 Å². The number of phenolic OH excluding ortho intramolecular Hbond substituents is 1. The van der Waals surface area contributed by atoms with Crippen LogP contribution in [0.5, 0.6) is 5.75 Å². The van der Waals surface area contributed by atoms with Crippen LogP contribution in [0.3, 0.4) is 0 Å². The lowest BCUT2D eigenvalue weighted by Crippen LogP contribution is -2.26. The van der Waals surface area contributed by atoms with Crippen LogP contribution in [0, 0.1) is 10.1 Å². The molecule has 1 N–H and O–H groups in total. The van der Waals surface area contributed by atoms with Gasteiger partial charge in [-0.05, 0) is 26.0 Å². The molecule has 1 aliphatic rings. The van der Waals surface area contributed by atoms with Crippen molar-refractivity contribution in [1.29, 1.82) is 0 Å². The molecule has 0 saturated heterocycles. The third-order valence-corrected chi connectivity index (χ3v) is 4.58. The molecule has 5 nitrogen and oxygen atoms in total. The minimum Gasteiger partial charge on any atom is -0.507 e. The van der Waals surface area contributed by atoms with Crippen molar-refractivity contribution in [2.24, 2.45) is 0 Å². The highest BCUT2D eigenvalue weighted by atomic mass is 16.6. The third kappa shape index (κ3) is 5.31. The summed E-state index contributed by atoms with van der Waals surface area (Å²) in [4.78, 5) is 10.4. The molecule has 29 heavy (non-hydrogen) atoms. The second-order valence-electron chi connectivity index (χ2n) is 6.42. The predicted molar refractivity (Wildman–Crippen MR) is 124 cm³/mol. The van der Waals surface area contributed by atoms with Gasteiger partial charge in [-0.3, -0.25) is 10.1 Å². The van der Waals surface area contributed by atoms with E-state index in [1.807, 2.05) is 53.0 Å². The van der Waals surface area contributed by atoms with E-state index in [0.717, 1.165) is 11.4 Å². The van der Waals surface area contributed by atoms with Gasteiger partial charge in [0.05, 0.1) is 10.3 Å². The number of nitro benzene ring substituents is 1. The lowest BCUT2D eigenvalue weighted by atomic mass is 9.81. The summed E-state index contributed by atoms with van der Waals surface area (Å²) in [6, 6.07) is 12.2. The van der Waals surface area contributed by atoms with Crippen LogP contribution < -0.4 is 0 Å². The van der Waals surface area contributed by atoms with Gasteiger partial charge in [-0.1, -0.05) is 53.3 Å². The molecular formula is C24H35N2O3+. The number of nitro groups is 1. The topological polar surface area (TPSA) is 66.4 Å². The van der Waals surface area contributed by atoms with Gasteiger partial charge in [0, 0.05) is 35.4 Å². The second kappa shape index (κ2) is 11.1. The Bertz CT molecular complexity index is 897. The first-order valence-corrected chi connectivity index (χ1v) is 9.68. The van der Waals surface area contributed by atoms with Crippen LogP contribution in [0.2, 0.25) is 0 Å². The summed E-state index contributed by atoms with van der Waals surface area (Å²) in [5, 5.41) is 20.9. The number of para-hydroxylation sites is 1. The van der Waals surface area contributed by atoms with Crippen LogP contribution in [0.15, 0.2) is 48.5 Å². The zero-order chi connectivity index (χ0) is 21.5. The zero-order valence-corrected chi connectivity index (χ0v) is 17.9. The summed E-state index contributed by atoms with van der Waals surface area (Å²) < 4.78 is 2.11. The molecule has 0 aliphatic carbocycles. The molecule has 5 heteroatoms. The number of non-ortho nitro benzene ring substituents is 1. The van der Waals surface area contributed by atoms with E-state index in [-0.39, 0.29) is 24.3 Å². The zero-order valence-electron chi connectivity index (χ0n) is 17.9. The van der Waals surface area contributed by atoms with Crippen molar-refractivity contribution >= 4 is 23.2 Å². The van der Waals surface area contributed by atoms with Crippen molar-refractivity contribution < 1.29 is 14.6 Å². The van der Waals surface area contributed by atoms with Gasteiger partial charge >= 0.3 is 0 Å². The Balaban J connectivity index is 0.00000148. The van der Waals surface area contributed by atoms with Crippen molar-refractivity contribution in [3.05, 3.63) is 69.8 Å². The van der Waals surface area contributed by atoms with E-state index < -0.39 is 4.92 Å². The van der Waals surface area contributed by atoms with Gasteiger partial charge in [-0.15, -0.1) is 0 Å². The van der Waals surface area contributed by atoms with Crippen molar-refractivity contribution in [3.8, 4) is 5.75 Å². The summed E-state index contributed by atoms with van der Waals surface area (Å²) in [6.07, 6.45) is 3.64. The molecule has 0 saturated carbocycles. The number of hydrogen-bond donors (Lipinski definition) is 1. The van der Waals surface area contributed by atoms with Crippen LogP contribution in [0.25, 0.3) is 6.08 Å². The molecule has 2 aromatic rings. The van der Waals surface area contributed by atoms with Crippen molar-refractivity contribution in [3.63, 3.8) is 0 Å². The predicted octanol–water partition coefficient (Wildman–Crippen LogP) is 6.71. The first-order valence-electron chi connectivity index (χ1n) is 9.68. The summed E-state index contributed by atoms with van der Waals surface area (Å²) >= 11 is 0. The van der Waals surface area contributed by atoms with Crippen LogP contribution in [-0.2, 0) is 5.41 Å². The van der Waals surface area contributed by atoms with Gasteiger partial charge in [0.2, 0.25) is 5.69 Å². The average Bonchev–Trinajstić information content (AvgIpc) is 2.90. The number of phenols is 1. The van der Waals surface area contributed by atoms with E-state index in [4.69, 9.17) is 0 Å². The van der Waals surface area contributed by atoms with Gasteiger partial charge in [-0.2, -0.15) is 4.58 Å². The first-order chi connectivity index (χ1) is 13.3. The van der Waals surface area contributed by atoms with E-state index in [9.17, 15) is 15.2 Å². The monoisotopic (exact) mass is 399 g/mol. The number of aromatic hydroxyl groups is 1. The molecule has 1 aliphatic heterocycles. The molecule has 0 atom stereocenters. The van der Waals surface area contributed by atoms with E-state index in [2.05, 4.69) is 30.6 Å². The number of fused-ring (bicyclic) bond motifs is 1. The molecule has 2 aromatic carbocycles. The van der Waals surface area contributed by atoms with Crippen LogP contribution in [-0.4, -0.2) is 27.4 Å². The van der Waals surface area contributed by atoms with Crippen molar-refractivity contribution in [2.75, 3.05) is 7.05 Å². The highest BCUT2D eigenvalue weighted by Gasteiger charge is 2.42. The smallest absolute Gasteiger partial charge is 0.270 e. The Morgan fingerprint density at radius 1 is 1.03 bits per heavy atom. The summed E-state index contributed by atoms with van der Waals surface area (Å²) in [5.41, 5.74) is 3.64. The Morgan fingerprint density at radius 2 is 1.62 bits per heavy atom. The van der Waals surface area contributed by atoms with E-state index in [0.29, 0.717) is 5.56 Å². The Labute approximate surface area is 175 Å². The maximum absolute atomic E-state index is 10.9. The fourth-order valence-electron chi connectivity index (χ4n) is 3.26. The third-order valence-electron chi connectivity index (χ3n) is 4.58. The van der Waals surface area contributed by atoms with Crippen molar-refractivity contribution in [1.82, 2.24) is 0 Å². The largest absolute Gasteiger partial charge is 0.507 e.